The van der Waals surface area contributed by atoms with Crippen molar-refractivity contribution in [2.75, 3.05) is 11.1 Å². The topological polar surface area (TPSA) is 38.0 Å². The van der Waals surface area contributed by atoms with Crippen molar-refractivity contribution in [2.24, 2.45) is 0 Å². The molecule has 0 fully saturated rings. The second-order valence-corrected chi connectivity index (χ2v) is 5.35. The van der Waals surface area contributed by atoms with Gasteiger partial charge in [0.15, 0.2) is 0 Å². The summed E-state index contributed by atoms with van der Waals surface area (Å²) in [5.41, 5.74) is 13.1. The van der Waals surface area contributed by atoms with Gasteiger partial charge in [0, 0.05) is 17.1 Å². The van der Waals surface area contributed by atoms with E-state index >= 15 is 0 Å². The lowest BCUT2D eigenvalue weighted by molar-refractivity contribution is 0.792. The molecule has 0 aliphatic heterocycles. The van der Waals surface area contributed by atoms with Crippen molar-refractivity contribution in [1.82, 2.24) is 0 Å². The van der Waals surface area contributed by atoms with Gasteiger partial charge in [-0.2, -0.15) is 0 Å². The SMILES string of the molecule is CCCCc1c(Nc2ccccc2)cc(C)c(N)c1C. The molecule has 0 aliphatic rings. The number of nitrogen functional groups attached to an aromatic ring is 1. The first-order valence-electron chi connectivity index (χ1n) is 7.34. The van der Waals surface area contributed by atoms with Gasteiger partial charge in [-0.25, -0.2) is 0 Å². The fraction of sp³-hybridized carbons (Fsp3) is 0.333. The lowest BCUT2D eigenvalue weighted by Gasteiger charge is -2.18. The van der Waals surface area contributed by atoms with Gasteiger partial charge >= 0.3 is 0 Å². The van der Waals surface area contributed by atoms with Gasteiger partial charge in [0.1, 0.15) is 0 Å². The van der Waals surface area contributed by atoms with E-state index in [2.05, 4.69) is 44.3 Å². The number of nitrogens with two attached hydrogens (primary N) is 1. The monoisotopic (exact) mass is 268 g/mol. The van der Waals surface area contributed by atoms with Gasteiger partial charge in [-0.3, -0.25) is 0 Å². The highest BCUT2D eigenvalue weighted by Gasteiger charge is 2.11. The zero-order chi connectivity index (χ0) is 14.5. The number of para-hydroxylation sites is 1. The number of benzene rings is 2. The van der Waals surface area contributed by atoms with Gasteiger partial charge in [0.25, 0.3) is 0 Å². The molecule has 0 bridgehead atoms. The second-order valence-electron chi connectivity index (χ2n) is 5.35. The van der Waals surface area contributed by atoms with Gasteiger partial charge in [-0.1, -0.05) is 31.5 Å². The third kappa shape index (κ3) is 3.13. The fourth-order valence-corrected chi connectivity index (χ4v) is 2.51. The van der Waals surface area contributed by atoms with Crippen LogP contribution >= 0.6 is 0 Å². The van der Waals surface area contributed by atoms with E-state index in [0.717, 1.165) is 23.4 Å². The summed E-state index contributed by atoms with van der Waals surface area (Å²) in [6, 6.07) is 12.5. The highest BCUT2D eigenvalue weighted by Crippen LogP contribution is 2.31. The second kappa shape index (κ2) is 6.47. The summed E-state index contributed by atoms with van der Waals surface area (Å²) in [7, 11) is 0. The Morgan fingerprint density at radius 2 is 1.80 bits per heavy atom. The molecule has 3 N–H and O–H groups in total. The summed E-state index contributed by atoms with van der Waals surface area (Å²) in [4.78, 5) is 0. The lowest BCUT2D eigenvalue weighted by atomic mass is 9.96. The van der Waals surface area contributed by atoms with Crippen molar-refractivity contribution < 1.29 is 0 Å². The smallest absolute Gasteiger partial charge is 0.0423 e. The Balaban J connectivity index is 2.39. The van der Waals surface area contributed by atoms with Crippen molar-refractivity contribution in [3.63, 3.8) is 0 Å². The average molecular weight is 268 g/mol. The summed E-state index contributed by atoms with van der Waals surface area (Å²) in [6.45, 7) is 6.42. The molecule has 0 atom stereocenters. The van der Waals surface area contributed by atoms with Gasteiger partial charge in [-0.15, -0.1) is 0 Å². The maximum absolute atomic E-state index is 6.19. The maximum atomic E-state index is 6.19. The van der Waals surface area contributed by atoms with Gasteiger partial charge < -0.3 is 11.1 Å². The van der Waals surface area contributed by atoms with Gasteiger partial charge in [-0.05, 0) is 61.6 Å². The van der Waals surface area contributed by atoms with Gasteiger partial charge in [0.2, 0.25) is 0 Å². The Bertz CT molecular complexity index is 574. The Morgan fingerprint density at radius 1 is 1.10 bits per heavy atom. The van der Waals surface area contributed by atoms with Crippen LogP contribution in [0.15, 0.2) is 36.4 Å². The van der Waals surface area contributed by atoms with Crippen molar-refractivity contribution in [1.29, 1.82) is 0 Å². The standard InChI is InChI=1S/C18H24N2/c1-4-5-11-16-14(3)18(19)13(2)12-17(16)20-15-9-7-6-8-10-15/h6-10,12,20H,4-5,11,19H2,1-3H3. The molecule has 0 unspecified atom stereocenters. The molecule has 2 nitrogen and oxygen atoms in total. The summed E-state index contributed by atoms with van der Waals surface area (Å²) >= 11 is 0. The molecular formula is C18H24N2. The Labute approximate surface area is 122 Å². The fourth-order valence-electron chi connectivity index (χ4n) is 2.51. The Morgan fingerprint density at radius 3 is 2.45 bits per heavy atom. The van der Waals surface area contributed by atoms with Crippen LogP contribution in [0.5, 0.6) is 0 Å². The van der Waals surface area contributed by atoms with E-state index in [-0.39, 0.29) is 0 Å². The van der Waals surface area contributed by atoms with Crippen LogP contribution in [-0.2, 0) is 6.42 Å². The van der Waals surface area contributed by atoms with Crippen LogP contribution < -0.4 is 11.1 Å². The van der Waals surface area contributed by atoms with Crippen molar-refractivity contribution in [3.05, 3.63) is 53.1 Å². The van der Waals surface area contributed by atoms with E-state index in [9.17, 15) is 0 Å². The molecule has 0 saturated heterocycles. The number of rotatable bonds is 5. The molecule has 2 aromatic carbocycles. The molecule has 0 saturated carbocycles. The van der Waals surface area contributed by atoms with Crippen LogP contribution in [0.4, 0.5) is 17.1 Å². The molecule has 0 radical (unpaired) electrons. The van der Waals surface area contributed by atoms with E-state index in [4.69, 9.17) is 5.73 Å². The Hall–Kier alpha value is -1.96. The summed E-state index contributed by atoms with van der Waals surface area (Å²) in [5, 5.41) is 3.53. The molecular weight excluding hydrogens is 244 g/mol. The van der Waals surface area contributed by atoms with Crippen molar-refractivity contribution >= 4 is 17.1 Å². The van der Waals surface area contributed by atoms with Crippen LogP contribution in [0.1, 0.15) is 36.5 Å². The minimum Gasteiger partial charge on any atom is -0.398 e. The highest BCUT2D eigenvalue weighted by atomic mass is 14.9. The maximum Gasteiger partial charge on any atom is 0.0423 e. The molecule has 0 aromatic heterocycles. The zero-order valence-corrected chi connectivity index (χ0v) is 12.7. The van der Waals surface area contributed by atoms with Crippen LogP contribution in [0.3, 0.4) is 0 Å². The summed E-state index contributed by atoms with van der Waals surface area (Å²) in [5.74, 6) is 0. The van der Waals surface area contributed by atoms with E-state index in [1.807, 2.05) is 18.2 Å². The minimum atomic E-state index is 0.926. The zero-order valence-electron chi connectivity index (χ0n) is 12.7. The predicted octanol–water partition coefficient (Wildman–Crippen LogP) is 4.97. The van der Waals surface area contributed by atoms with E-state index in [0.29, 0.717) is 0 Å². The lowest BCUT2D eigenvalue weighted by Crippen LogP contribution is -2.04. The predicted molar refractivity (Wildman–Crippen MR) is 88.7 cm³/mol. The van der Waals surface area contributed by atoms with Gasteiger partial charge in [0.05, 0.1) is 0 Å². The first-order valence-corrected chi connectivity index (χ1v) is 7.34. The van der Waals surface area contributed by atoms with Crippen LogP contribution in [-0.4, -0.2) is 0 Å². The first-order chi connectivity index (χ1) is 9.63. The number of anilines is 3. The Kier molecular flexibility index (Phi) is 4.67. The molecule has 0 amide bonds. The molecule has 0 spiro atoms. The third-order valence-corrected chi connectivity index (χ3v) is 3.80. The highest BCUT2D eigenvalue weighted by molar-refractivity contribution is 5.71. The molecule has 2 aromatic rings. The number of hydrogen-bond donors (Lipinski definition) is 2. The number of unbranched alkanes of at least 4 members (excludes halogenated alkanes) is 1. The van der Waals surface area contributed by atoms with E-state index in [1.165, 1.54) is 29.7 Å². The molecule has 0 aliphatic carbocycles. The van der Waals surface area contributed by atoms with Crippen LogP contribution in [0.2, 0.25) is 0 Å². The largest absolute Gasteiger partial charge is 0.398 e. The van der Waals surface area contributed by atoms with Crippen molar-refractivity contribution in [2.45, 2.75) is 40.0 Å². The number of hydrogen-bond acceptors (Lipinski definition) is 2. The van der Waals surface area contributed by atoms with E-state index in [1.54, 1.807) is 0 Å². The number of nitrogens with one attached hydrogen (secondary N) is 1. The third-order valence-electron chi connectivity index (χ3n) is 3.80. The van der Waals surface area contributed by atoms with Crippen molar-refractivity contribution in [3.8, 4) is 0 Å². The molecule has 0 heterocycles. The molecule has 20 heavy (non-hydrogen) atoms. The summed E-state index contributed by atoms with van der Waals surface area (Å²) in [6.07, 6.45) is 3.45. The number of aryl methyl sites for hydroxylation is 1. The van der Waals surface area contributed by atoms with E-state index < -0.39 is 0 Å². The quantitative estimate of drug-likeness (QED) is 0.751. The average Bonchev–Trinajstić information content (AvgIpc) is 2.46. The van der Waals surface area contributed by atoms with Crippen LogP contribution in [0, 0.1) is 13.8 Å². The molecule has 2 rings (SSSR count). The summed E-state index contributed by atoms with van der Waals surface area (Å²) < 4.78 is 0. The molecule has 106 valence electrons. The molecule has 2 heteroatoms. The van der Waals surface area contributed by atoms with Crippen LogP contribution in [0.25, 0.3) is 0 Å². The normalized spacial score (nSPS) is 10.6. The first kappa shape index (κ1) is 14.4. The minimum absolute atomic E-state index is 0.926.